The molecule has 1 N–H and O–H groups in total. The Morgan fingerprint density at radius 1 is 1.32 bits per heavy atom. The van der Waals surface area contributed by atoms with Crippen LogP contribution in [0.5, 0.6) is 0 Å². The maximum absolute atomic E-state index is 12.0. The molecule has 0 bridgehead atoms. The second-order valence-corrected chi connectivity index (χ2v) is 6.40. The van der Waals surface area contributed by atoms with Crippen LogP contribution in [0, 0.1) is 0 Å². The number of carbonyl (C=O) groups is 1. The summed E-state index contributed by atoms with van der Waals surface area (Å²) >= 11 is 11.6. The van der Waals surface area contributed by atoms with Crippen molar-refractivity contribution < 1.29 is 9.53 Å². The first kappa shape index (κ1) is 17.5. The van der Waals surface area contributed by atoms with E-state index in [1.165, 1.54) is 12.1 Å². The van der Waals surface area contributed by atoms with Gasteiger partial charge < -0.3 is 10.1 Å². The molecular formula is C15H21Cl2N3O2. The molecular weight excluding hydrogens is 325 g/mol. The highest BCUT2D eigenvalue weighted by Crippen LogP contribution is 2.14. The van der Waals surface area contributed by atoms with Crippen molar-refractivity contribution in [2.24, 2.45) is 0 Å². The van der Waals surface area contributed by atoms with Gasteiger partial charge in [0.05, 0.1) is 12.2 Å². The zero-order chi connectivity index (χ0) is 16.1. The summed E-state index contributed by atoms with van der Waals surface area (Å²) in [5.74, 6) is -0.185. The van der Waals surface area contributed by atoms with Crippen molar-refractivity contribution >= 4 is 29.1 Å². The van der Waals surface area contributed by atoms with Gasteiger partial charge in [-0.1, -0.05) is 23.2 Å². The van der Waals surface area contributed by atoms with Crippen molar-refractivity contribution in [2.75, 3.05) is 26.2 Å². The van der Waals surface area contributed by atoms with E-state index < -0.39 is 0 Å². The van der Waals surface area contributed by atoms with Crippen molar-refractivity contribution in [3.8, 4) is 0 Å². The van der Waals surface area contributed by atoms with E-state index in [2.05, 4.69) is 29.0 Å². The second kappa shape index (κ2) is 8.11. The fourth-order valence-corrected chi connectivity index (χ4v) is 3.13. The summed E-state index contributed by atoms with van der Waals surface area (Å²) in [6, 6.07) is 3.02. The number of carbonyl (C=O) groups excluding carboxylic acids is 1. The van der Waals surface area contributed by atoms with Crippen molar-refractivity contribution in [2.45, 2.75) is 32.5 Å². The standard InChI is InChI=1S/C15H21Cl2N3O2/c1-10-8-20(9-11(2)22-10)5-3-4-18-15(21)12-6-13(16)19-14(17)7-12/h6-7,10-11H,3-5,8-9H2,1-2H3,(H,18,21). The summed E-state index contributed by atoms with van der Waals surface area (Å²) in [6.45, 7) is 7.59. The second-order valence-electron chi connectivity index (χ2n) is 5.63. The molecule has 1 amide bonds. The third-order valence-corrected chi connectivity index (χ3v) is 3.84. The zero-order valence-corrected chi connectivity index (χ0v) is 14.3. The van der Waals surface area contributed by atoms with Gasteiger partial charge in [0.2, 0.25) is 0 Å². The lowest BCUT2D eigenvalue weighted by molar-refractivity contribution is -0.0679. The third-order valence-electron chi connectivity index (χ3n) is 3.46. The Labute approximate surface area is 140 Å². The van der Waals surface area contributed by atoms with E-state index in [-0.39, 0.29) is 28.4 Å². The fourth-order valence-electron chi connectivity index (χ4n) is 2.67. The smallest absolute Gasteiger partial charge is 0.251 e. The first-order valence-corrected chi connectivity index (χ1v) is 8.18. The lowest BCUT2D eigenvalue weighted by Gasteiger charge is -2.35. The molecule has 1 aliphatic heterocycles. The number of nitrogens with zero attached hydrogens (tertiary/aromatic N) is 2. The van der Waals surface area contributed by atoms with Crippen molar-refractivity contribution in [3.63, 3.8) is 0 Å². The summed E-state index contributed by atoms with van der Waals surface area (Å²) in [5, 5.41) is 3.31. The molecule has 1 saturated heterocycles. The summed E-state index contributed by atoms with van der Waals surface area (Å²) < 4.78 is 5.70. The molecule has 122 valence electrons. The summed E-state index contributed by atoms with van der Waals surface area (Å²) in [4.78, 5) is 18.2. The lowest BCUT2D eigenvalue weighted by Crippen LogP contribution is -2.46. The molecule has 0 radical (unpaired) electrons. The maximum atomic E-state index is 12.0. The normalized spacial score (nSPS) is 22.5. The fraction of sp³-hybridized carbons (Fsp3) is 0.600. The highest BCUT2D eigenvalue weighted by Gasteiger charge is 2.21. The Kier molecular flexibility index (Phi) is 6.44. The number of aromatic nitrogens is 1. The van der Waals surface area contributed by atoms with Gasteiger partial charge in [-0.3, -0.25) is 9.69 Å². The van der Waals surface area contributed by atoms with Crippen LogP contribution in [0.15, 0.2) is 12.1 Å². The molecule has 2 atom stereocenters. The average molecular weight is 346 g/mol. The SMILES string of the molecule is CC1CN(CCCNC(=O)c2cc(Cl)nc(Cl)c2)CC(C)O1. The minimum atomic E-state index is -0.185. The van der Waals surface area contributed by atoms with Gasteiger partial charge in [0.15, 0.2) is 0 Å². The molecule has 1 fully saturated rings. The van der Waals surface area contributed by atoms with Crippen LogP contribution < -0.4 is 5.32 Å². The third kappa shape index (κ3) is 5.39. The summed E-state index contributed by atoms with van der Waals surface area (Å²) in [6.07, 6.45) is 1.41. The van der Waals surface area contributed by atoms with Crippen molar-refractivity contribution in [3.05, 3.63) is 28.0 Å². The van der Waals surface area contributed by atoms with Crippen LogP contribution in [0.4, 0.5) is 0 Å². The van der Waals surface area contributed by atoms with Gasteiger partial charge in [0.1, 0.15) is 10.3 Å². The highest BCUT2D eigenvalue weighted by atomic mass is 35.5. The monoisotopic (exact) mass is 345 g/mol. The van der Waals surface area contributed by atoms with Gasteiger partial charge in [-0.15, -0.1) is 0 Å². The minimum Gasteiger partial charge on any atom is -0.373 e. The molecule has 2 heterocycles. The van der Waals surface area contributed by atoms with Gasteiger partial charge in [-0.05, 0) is 32.4 Å². The number of morpholine rings is 1. The number of rotatable bonds is 5. The Morgan fingerprint density at radius 3 is 2.50 bits per heavy atom. The molecule has 2 unspecified atom stereocenters. The average Bonchev–Trinajstić information content (AvgIpc) is 2.41. The molecule has 5 nitrogen and oxygen atoms in total. The molecule has 0 saturated carbocycles. The molecule has 1 aromatic heterocycles. The Hall–Kier alpha value is -0.880. The summed E-state index contributed by atoms with van der Waals surface area (Å²) in [5.41, 5.74) is 0.429. The van der Waals surface area contributed by atoms with Crippen LogP contribution in [0.1, 0.15) is 30.6 Å². The van der Waals surface area contributed by atoms with E-state index in [1.54, 1.807) is 0 Å². The zero-order valence-electron chi connectivity index (χ0n) is 12.8. The van der Waals surface area contributed by atoms with Crippen LogP contribution in [-0.4, -0.2) is 54.2 Å². The number of ether oxygens (including phenoxy) is 1. The van der Waals surface area contributed by atoms with E-state index in [0.717, 1.165) is 26.1 Å². The van der Waals surface area contributed by atoms with E-state index in [1.807, 2.05) is 0 Å². The van der Waals surface area contributed by atoms with Crippen LogP contribution in [0.25, 0.3) is 0 Å². The highest BCUT2D eigenvalue weighted by molar-refractivity contribution is 6.33. The molecule has 0 aromatic carbocycles. The Balaban J connectivity index is 1.73. The van der Waals surface area contributed by atoms with Crippen LogP contribution in [0.2, 0.25) is 10.3 Å². The molecule has 1 aromatic rings. The minimum absolute atomic E-state index is 0.185. The number of hydrogen-bond donors (Lipinski definition) is 1. The van der Waals surface area contributed by atoms with E-state index in [9.17, 15) is 4.79 Å². The molecule has 22 heavy (non-hydrogen) atoms. The molecule has 7 heteroatoms. The first-order valence-electron chi connectivity index (χ1n) is 7.43. The van der Waals surface area contributed by atoms with E-state index in [0.29, 0.717) is 12.1 Å². The predicted octanol–water partition coefficient (Wildman–Crippen LogP) is 2.62. The van der Waals surface area contributed by atoms with Gasteiger partial charge in [0.25, 0.3) is 5.91 Å². The number of halogens is 2. The molecule has 2 rings (SSSR count). The Morgan fingerprint density at radius 2 is 1.91 bits per heavy atom. The topological polar surface area (TPSA) is 54.5 Å². The van der Waals surface area contributed by atoms with Crippen LogP contribution >= 0.6 is 23.2 Å². The van der Waals surface area contributed by atoms with Crippen LogP contribution in [0.3, 0.4) is 0 Å². The predicted molar refractivity (Wildman–Crippen MR) is 87.7 cm³/mol. The van der Waals surface area contributed by atoms with Gasteiger partial charge in [-0.2, -0.15) is 0 Å². The number of hydrogen-bond acceptors (Lipinski definition) is 4. The van der Waals surface area contributed by atoms with E-state index in [4.69, 9.17) is 27.9 Å². The number of amides is 1. The van der Waals surface area contributed by atoms with Gasteiger partial charge in [0, 0.05) is 31.7 Å². The van der Waals surface area contributed by atoms with Crippen molar-refractivity contribution in [1.82, 2.24) is 15.2 Å². The Bertz CT molecular complexity index is 497. The summed E-state index contributed by atoms with van der Waals surface area (Å²) in [7, 11) is 0. The largest absolute Gasteiger partial charge is 0.373 e. The number of nitrogens with one attached hydrogen (secondary N) is 1. The first-order chi connectivity index (χ1) is 10.4. The maximum Gasteiger partial charge on any atom is 0.251 e. The molecule has 0 spiro atoms. The molecule has 0 aliphatic carbocycles. The number of pyridine rings is 1. The molecule has 1 aliphatic rings. The van der Waals surface area contributed by atoms with Gasteiger partial charge in [-0.25, -0.2) is 4.98 Å². The van der Waals surface area contributed by atoms with Crippen molar-refractivity contribution in [1.29, 1.82) is 0 Å². The lowest BCUT2D eigenvalue weighted by atomic mass is 10.2. The van der Waals surface area contributed by atoms with Gasteiger partial charge >= 0.3 is 0 Å². The quantitative estimate of drug-likeness (QED) is 0.658. The van der Waals surface area contributed by atoms with E-state index >= 15 is 0 Å². The van der Waals surface area contributed by atoms with Crippen LogP contribution in [-0.2, 0) is 4.74 Å².